The first-order valence-corrected chi connectivity index (χ1v) is 15.3. The Hall–Kier alpha value is -3.50. The van der Waals surface area contributed by atoms with Gasteiger partial charge in [-0.2, -0.15) is 0 Å². The zero-order valence-corrected chi connectivity index (χ0v) is 26.1. The summed E-state index contributed by atoms with van der Waals surface area (Å²) in [6.45, 7) is 9.21. The first kappa shape index (κ1) is 32.4. The maximum absolute atomic E-state index is 14.0. The summed E-state index contributed by atoms with van der Waals surface area (Å²) in [5.41, 5.74) is 0.795. The SMILES string of the molecule is CC1CCC2OC(=O)NC(C(C)(C)C)C(=O)N(C)C(C(=O)O)C(C)COc3nc4cc(F)ccc4nc3CCCCCC12. The van der Waals surface area contributed by atoms with E-state index in [4.69, 9.17) is 14.5 Å². The number of nitrogens with one attached hydrogen (secondary N) is 1. The second kappa shape index (κ2) is 13.4. The van der Waals surface area contributed by atoms with Crippen LogP contribution in [0.4, 0.5) is 9.18 Å². The van der Waals surface area contributed by atoms with E-state index in [1.54, 1.807) is 13.0 Å². The Kier molecular flexibility index (Phi) is 10.1. The lowest BCUT2D eigenvalue weighted by atomic mass is 9.85. The predicted molar refractivity (Wildman–Crippen MR) is 159 cm³/mol. The molecule has 236 valence electrons. The smallest absolute Gasteiger partial charge is 0.408 e. The normalized spacial score (nSPS) is 28.4. The number of benzene rings is 1. The van der Waals surface area contributed by atoms with Crippen molar-refractivity contribution < 1.29 is 33.4 Å². The lowest BCUT2D eigenvalue weighted by Crippen LogP contribution is -2.58. The van der Waals surface area contributed by atoms with E-state index in [0.717, 1.165) is 43.4 Å². The average Bonchev–Trinajstić information content (AvgIpc) is 3.26. The molecular weight excluding hydrogens is 555 g/mol. The molecule has 2 heterocycles. The number of amides is 2. The van der Waals surface area contributed by atoms with E-state index in [0.29, 0.717) is 29.1 Å². The summed E-state index contributed by atoms with van der Waals surface area (Å²) in [6, 6.07) is 1.93. The average molecular weight is 601 g/mol. The minimum Gasteiger partial charge on any atom is -0.480 e. The van der Waals surface area contributed by atoms with E-state index in [1.807, 2.05) is 20.8 Å². The van der Waals surface area contributed by atoms with Gasteiger partial charge in [0.1, 0.15) is 29.7 Å². The van der Waals surface area contributed by atoms with Crippen LogP contribution in [0.15, 0.2) is 18.2 Å². The Labute approximate surface area is 252 Å². The van der Waals surface area contributed by atoms with E-state index in [9.17, 15) is 23.9 Å². The largest absolute Gasteiger partial charge is 0.480 e. The second-order valence-corrected chi connectivity index (χ2v) is 13.3. The van der Waals surface area contributed by atoms with Crippen molar-refractivity contribution in [2.24, 2.45) is 23.2 Å². The van der Waals surface area contributed by atoms with Gasteiger partial charge in [-0.05, 0) is 61.5 Å². The van der Waals surface area contributed by atoms with Crippen molar-refractivity contribution >= 4 is 29.0 Å². The van der Waals surface area contributed by atoms with Gasteiger partial charge in [-0.15, -0.1) is 0 Å². The summed E-state index contributed by atoms with van der Waals surface area (Å²) in [5.74, 6) is -2.00. The van der Waals surface area contributed by atoms with Crippen molar-refractivity contribution in [3.8, 4) is 5.88 Å². The molecule has 1 aliphatic heterocycles. The number of aliphatic carboxylic acids is 1. The third kappa shape index (κ3) is 7.72. The van der Waals surface area contributed by atoms with E-state index < -0.39 is 47.2 Å². The summed E-state index contributed by atoms with van der Waals surface area (Å²) in [6.07, 6.45) is 5.00. The standard InChI is InChI=1S/C32H45FN4O6/c1-18-12-15-25-21(18)10-8-7-9-11-23-28(35-24-16-20(33)13-14-22(24)34-23)42-17-19(2)26(30(39)40)37(6)29(38)27(32(3,4)5)36-31(41)43-25/h13-14,16,18-19,21,25-27H,7-12,15,17H2,1-6H3,(H,36,41)(H,39,40). The van der Waals surface area contributed by atoms with Gasteiger partial charge in [-0.3, -0.25) is 4.79 Å². The highest BCUT2D eigenvalue weighted by atomic mass is 19.1. The van der Waals surface area contributed by atoms with Gasteiger partial charge in [-0.1, -0.05) is 47.5 Å². The lowest BCUT2D eigenvalue weighted by Gasteiger charge is -2.37. The molecule has 1 aromatic carbocycles. The van der Waals surface area contributed by atoms with Crippen LogP contribution in [0.2, 0.25) is 0 Å². The Morgan fingerprint density at radius 2 is 1.79 bits per heavy atom. The van der Waals surface area contributed by atoms with Crippen LogP contribution in [0.25, 0.3) is 11.0 Å². The number of carboxylic acid groups (broad SMARTS) is 1. The van der Waals surface area contributed by atoms with Crippen molar-refractivity contribution in [1.29, 1.82) is 0 Å². The number of aryl methyl sites for hydroxylation is 1. The topological polar surface area (TPSA) is 131 Å². The molecule has 2 N–H and O–H groups in total. The van der Waals surface area contributed by atoms with Crippen molar-refractivity contribution in [2.45, 2.75) is 97.8 Å². The van der Waals surface area contributed by atoms with Crippen LogP contribution in [-0.4, -0.2) is 69.8 Å². The number of halogens is 1. The van der Waals surface area contributed by atoms with Gasteiger partial charge in [0.25, 0.3) is 0 Å². The third-order valence-corrected chi connectivity index (χ3v) is 8.90. The van der Waals surface area contributed by atoms with Crippen molar-refractivity contribution in [3.05, 3.63) is 29.7 Å². The lowest BCUT2D eigenvalue weighted by molar-refractivity contribution is -0.153. The number of carbonyl (C=O) groups excluding carboxylic acids is 2. The highest BCUT2D eigenvalue weighted by molar-refractivity contribution is 5.90. The Bertz CT molecular complexity index is 1330. The number of alkyl carbamates (subject to hydrolysis) is 1. The van der Waals surface area contributed by atoms with Gasteiger partial charge in [0.2, 0.25) is 11.8 Å². The number of fused-ring (bicyclic) bond motifs is 3. The van der Waals surface area contributed by atoms with Crippen molar-refractivity contribution in [3.63, 3.8) is 0 Å². The predicted octanol–water partition coefficient (Wildman–Crippen LogP) is 5.37. The Balaban J connectivity index is 1.68. The molecule has 6 unspecified atom stereocenters. The number of hydrogen-bond acceptors (Lipinski definition) is 7. The fourth-order valence-electron chi connectivity index (χ4n) is 6.39. The zero-order valence-electron chi connectivity index (χ0n) is 26.1. The van der Waals surface area contributed by atoms with Crippen LogP contribution < -0.4 is 10.1 Å². The highest BCUT2D eigenvalue weighted by Gasteiger charge is 2.42. The number of ether oxygens (including phenoxy) is 2. The number of carboxylic acids is 1. The van der Waals surface area contributed by atoms with Gasteiger partial charge in [0, 0.05) is 19.0 Å². The first-order valence-electron chi connectivity index (χ1n) is 15.3. The summed E-state index contributed by atoms with van der Waals surface area (Å²) in [7, 11) is 1.42. The molecule has 0 saturated heterocycles. The fraction of sp³-hybridized carbons (Fsp3) is 0.656. The first-order chi connectivity index (χ1) is 20.3. The summed E-state index contributed by atoms with van der Waals surface area (Å²) >= 11 is 0. The number of likely N-dealkylation sites (N-methyl/N-ethyl adjacent to an activating group) is 1. The van der Waals surface area contributed by atoms with Crippen molar-refractivity contribution in [2.75, 3.05) is 13.7 Å². The molecule has 1 aromatic heterocycles. The molecule has 4 rings (SSSR count). The maximum atomic E-state index is 14.0. The summed E-state index contributed by atoms with van der Waals surface area (Å²) in [5, 5.41) is 13.0. The van der Waals surface area contributed by atoms with Crippen LogP contribution in [0.3, 0.4) is 0 Å². The molecule has 11 heteroatoms. The number of aromatic nitrogens is 2. The van der Waals surface area contributed by atoms with Gasteiger partial charge >= 0.3 is 12.1 Å². The van der Waals surface area contributed by atoms with Gasteiger partial charge in [-0.25, -0.2) is 23.9 Å². The molecule has 10 nitrogen and oxygen atoms in total. The molecule has 2 aromatic rings. The van der Waals surface area contributed by atoms with E-state index in [-0.39, 0.29) is 24.5 Å². The molecule has 43 heavy (non-hydrogen) atoms. The van der Waals surface area contributed by atoms with Crippen LogP contribution in [0, 0.1) is 29.0 Å². The van der Waals surface area contributed by atoms with Gasteiger partial charge in [0.15, 0.2) is 0 Å². The number of nitrogens with zero attached hydrogens (tertiary/aromatic N) is 3. The van der Waals surface area contributed by atoms with Crippen LogP contribution in [0.1, 0.15) is 78.8 Å². The third-order valence-electron chi connectivity index (χ3n) is 8.90. The molecule has 0 spiro atoms. The molecule has 1 fully saturated rings. The molecule has 6 atom stereocenters. The number of carbonyl (C=O) groups is 3. The number of rotatable bonds is 1. The van der Waals surface area contributed by atoms with E-state index in [2.05, 4.69) is 17.2 Å². The summed E-state index contributed by atoms with van der Waals surface area (Å²) in [4.78, 5) is 49.8. The molecule has 2 aliphatic rings. The van der Waals surface area contributed by atoms with Gasteiger partial charge < -0.3 is 24.8 Å². The zero-order chi connectivity index (χ0) is 31.5. The Morgan fingerprint density at radius 1 is 1.05 bits per heavy atom. The molecule has 1 saturated carbocycles. The monoisotopic (exact) mass is 600 g/mol. The van der Waals surface area contributed by atoms with Crippen LogP contribution in [-0.2, 0) is 20.7 Å². The minimum atomic E-state index is -1.26. The number of hydrogen-bond donors (Lipinski definition) is 2. The van der Waals surface area contributed by atoms with Crippen molar-refractivity contribution in [1.82, 2.24) is 20.2 Å². The molecule has 2 amide bonds. The van der Waals surface area contributed by atoms with Gasteiger partial charge in [0.05, 0.1) is 17.6 Å². The Morgan fingerprint density at radius 3 is 2.49 bits per heavy atom. The molecular formula is C32H45FN4O6. The highest BCUT2D eigenvalue weighted by Crippen LogP contribution is 2.38. The van der Waals surface area contributed by atoms with E-state index in [1.165, 1.54) is 19.2 Å². The molecule has 0 bridgehead atoms. The maximum Gasteiger partial charge on any atom is 0.408 e. The minimum absolute atomic E-state index is 0.0754. The van der Waals surface area contributed by atoms with Crippen LogP contribution in [0.5, 0.6) is 5.88 Å². The van der Waals surface area contributed by atoms with E-state index >= 15 is 0 Å². The quantitative estimate of drug-likeness (QED) is 0.447. The summed E-state index contributed by atoms with van der Waals surface area (Å²) < 4.78 is 26.0. The van der Waals surface area contributed by atoms with Crippen LogP contribution >= 0.6 is 0 Å². The fourth-order valence-corrected chi connectivity index (χ4v) is 6.39. The molecule has 0 radical (unpaired) electrons. The second-order valence-electron chi connectivity index (χ2n) is 13.3. The molecule has 1 aliphatic carbocycles.